The summed E-state index contributed by atoms with van der Waals surface area (Å²) < 4.78 is 0.859. The number of rotatable bonds is 3. The Hall–Kier alpha value is -0.800. The fraction of sp³-hybridized carbons (Fsp3) is 0.182. The van der Waals surface area contributed by atoms with E-state index < -0.39 is 0 Å². The van der Waals surface area contributed by atoms with Gasteiger partial charge in [0.05, 0.1) is 10.7 Å². The Kier molecular flexibility index (Phi) is 4.36. The Labute approximate surface area is 103 Å². The summed E-state index contributed by atoms with van der Waals surface area (Å²) in [5, 5.41) is 0.0209. The minimum absolute atomic E-state index is 0.0209. The van der Waals surface area contributed by atoms with E-state index in [0.29, 0.717) is 6.54 Å². The quantitative estimate of drug-likeness (QED) is 0.779. The van der Waals surface area contributed by atoms with Crippen LogP contribution in [0.5, 0.6) is 0 Å². The van der Waals surface area contributed by atoms with Gasteiger partial charge in [-0.05, 0) is 35.0 Å². The van der Waals surface area contributed by atoms with Crippen LogP contribution in [0, 0.1) is 0 Å². The topological polar surface area (TPSA) is 20.3 Å². The maximum atomic E-state index is 11.7. The van der Waals surface area contributed by atoms with Crippen molar-refractivity contribution in [3.8, 4) is 0 Å². The number of hydrogen-bond acceptors (Lipinski definition) is 1. The molecule has 0 bridgehead atoms. The summed E-state index contributed by atoms with van der Waals surface area (Å²) in [6.07, 6.45) is 0. The van der Waals surface area contributed by atoms with Crippen molar-refractivity contribution in [2.45, 2.75) is 6.92 Å². The smallest absolute Gasteiger partial charge is 0.269 e. The highest BCUT2D eigenvalue weighted by Gasteiger charge is 2.17. The van der Waals surface area contributed by atoms with Gasteiger partial charge in [-0.2, -0.15) is 0 Å². The van der Waals surface area contributed by atoms with Gasteiger partial charge in [-0.15, -0.1) is 0 Å². The van der Waals surface area contributed by atoms with Gasteiger partial charge in [-0.25, -0.2) is 0 Å². The second-order valence-corrected chi connectivity index (χ2v) is 4.22. The molecule has 0 aliphatic carbocycles. The predicted octanol–water partition coefficient (Wildman–Crippen LogP) is 3.55. The minimum Gasteiger partial charge on any atom is -0.307 e. The molecule has 0 saturated heterocycles. The maximum Gasteiger partial charge on any atom is 0.269 e. The number of halogens is 2. The maximum absolute atomic E-state index is 11.7. The van der Waals surface area contributed by atoms with Crippen molar-refractivity contribution in [3.63, 3.8) is 0 Å². The fourth-order valence-electron chi connectivity index (χ4n) is 1.24. The normalized spacial score (nSPS) is 9.80. The molecule has 15 heavy (non-hydrogen) atoms. The highest BCUT2D eigenvalue weighted by Crippen LogP contribution is 2.26. The molecule has 1 amide bonds. The first-order valence-electron chi connectivity index (χ1n) is 4.48. The van der Waals surface area contributed by atoms with Crippen LogP contribution in [0.2, 0.25) is 0 Å². The molecule has 0 spiro atoms. The van der Waals surface area contributed by atoms with Crippen LogP contribution in [0.4, 0.5) is 5.69 Å². The summed E-state index contributed by atoms with van der Waals surface area (Å²) in [6.45, 7) is 5.87. The molecule has 1 rings (SSSR count). The number of anilines is 1. The summed E-state index contributed by atoms with van der Waals surface area (Å²) in [7, 11) is 0. The highest BCUT2D eigenvalue weighted by molar-refractivity contribution is 9.10. The van der Waals surface area contributed by atoms with Crippen molar-refractivity contribution in [1.29, 1.82) is 0 Å². The lowest BCUT2D eigenvalue weighted by Crippen LogP contribution is -2.30. The minimum atomic E-state index is -0.272. The third kappa shape index (κ3) is 2.83. The van der Waals surface area contributed by atoms with Crippen molar-refractivity contribution in [2.24, 2.45) is 0 Å². The number of carbonyl (C=O) groups is 1. The zero-order chi connectivity index (χ0) is 11.4. The molecular formula is C11H11BrClNO. The number of likely N-dealkylation sites (N-methyl/N-ethyl adjacent to an activating group) is 1. The number of carbonyl (C=O) groups excluding carboxylic acids is 1. The Morgan fingerprint density at radius 2 is 2.13 bits per heavy atom. The van der Waals surface area contributed by atoms with E-state index >= 15 is 0 Å². The van der Waals surface area contributed by atoms with Gasteiger partial charge in [0.1, 0.15) is 0 Å². The SMILES string of the molecule is C=C(Cl)C(=O)N(CC)c1ccccc1Br. The zero-order valence-electron chi connectivity index (χ0n) is 8.34. The average molecular weight is 289 g/mol. The third-order valence-corrected chi connectivity index (χ3v) is 2.77. The van der Waals surface area contributed by atoms with E-state index in [-0.39, 0.29) is 10.9 Å². The molecule has 2 nitrogen and oxygen atoms in total. The molecule has 0 unspecified atom stereocenters. The molecule has 0 heterocycles. The van der Waals surface area contributed by atoms with Crippen LogP contribution in [0.1, 0.15) is 6.92 Å². The number of nitrogens with zero attached hydrogens (tertiary/aromatic N) is 1. The van der Waals surface area contributed by atoms with E-state index in [0.717, 1.165) is 10.2 Å². The molecule has 0 aliphatic rings. The van der Waals surface area contributed by atoms with Gasteiger partial charge in [0.2, 0.25) is 0 Å². The third-order valence-electron chi connectivity index (χ3n) is 1.94. The van der Waals surface area contributed by atoms with E-state index in [1.807, 2.05) is 31.2 Å². The monoisotopic (exact) mass is 287 g/mol. The number of hydrogen-bond donors (Lipinski definition) is 0. The summed E-state index contributed by atoms with van der Waals surface area (Å²) >= 11 is 8.99. The molecule has 1 aromatic rings. The summed E-state index contributed by atoms with van der Waals surface area (Å²) in [6, 6.07) is 7.49. The standard InChI is InChI=1S/C11H11BrClNO/c1-3-14(11(15)8(2)13)10-7-5-4-6-9(10)12/h4-7H,2-3H2,1H3. The fourth-order valence-corrected chi connectivity index (χ4v) is 1.84. The molecule has 0 aliphatic heterocycles. The Balaban J connectivity index is 3.08. The van der Waals surface area contributed by atoms with E-state index in [1.165, 1.54) is 0 Å². The zero-order valence-corrected chi connectivity index (χ0v) is 10.7. The van der Waals surface area contributed by atoms with E-state index in [2.05, 4.69) is 22.5 Å². The van der Waals surface area contributed by atoms with Crippen LogP contribution in [-0.2, 0) is 4.79 Å². The number of benzene rings is 1. The van der Waals surface area contributed by atoms with Crippen molar-refractivity contribution in [3.05, 3.63) is 40.3 Å². The van der Waals surface area contributed by atoms with Crippen LogP contribution in [0.3, 0.4) is 0 Å². The Morgan fingerprint density at radius 3 is 2.60 bits per heavy atom. The second kappa shape index (κ2) is 5.33. The molecular weight excluding hydrogens is 277 g/mol. The van der Waals surface area contributed by atoms with Crippen molar-refractivity contribution >= 4 is 39.1 Å². The van der Waals surface area contributed by atoms with Crippen molar-refractivity contribution in [2.75, 3.05) is 11.4 Å². The van der Waals surface area contributed by atoms with Crippen LogP contribution < -0.4 is 4.90 Å². The molecule has 0 radical (unpaired) electrons. The van der Waals surface area contributed by atoms with Gasteiger partial charge in [0.15, 0.2) is 0 Å². The molecule has 80 valence electrons. The Bertz CT molecular complexity index is 392. The number of para-hydroxylation sites is 1. The second-order valence-electron chi connectivity index (χ2n) is 2.91. The largest absolute Gasteiger partial charge is 0.307 e. The van der Waals surface area contributed by atoms with E-state index in [1.54, 1.807) is 4.90 Å². The first kappa shape index (κ1) is 12.3. The molecule has 4 heteroatoms. The van der Waals surface area contributed by atoms with Gasteiger partial charge < -0.3 is 4.90 Å². The van der Waals surface area contributed by atoms with Crippen LogP contribution >= 0.6 is 27.5 Å². The van der Waals surface area contributed by atoms with Gasteiger partial charge in [-0.1, -0.05) is 30.3 Å². The molecule has 0 saturated carbocycles. The number of amides is 1. The molecule has 0 atom stereocenters. The lowest BCUT2D eigenvalue weighted by atomic mass is 10.3. The summed E-state index contributed by atoms with van der Waals surface area (Å²) in [5.41, 5.74) is 0.798. The molecule has 0 fully saturated rings. The van der Waals surface area contributed by atoms with Gasteiger partial charge in [0.25, 0.3) is 5.91 Å². The molecule has 1 aromatic carbocycles. The lowest BCUT2D eigenvalue weighted by molar-refractivity contribution is -0.114. The van der Waals surface area contributed by atoms with Crippen molar-refractivity contribution in [1.82, 2.24) is 0 Å². The summed E-state index contributed by atoms with van der Waals surface area (Å²) in [5.74, 6) is -0.272. The first-order chi connectivity index (χ1) is 7.07. The van der Waals surface area contributed by atoms with Crippen LogP contribution in [0.15, 0.2) is 40.3 Å². The lowest BCUT2D eigenvalue weighted by Gasteiger charge is -2.21. The van der Waals surface area contributed by atoms with Gasteiger partial charge >= 0.3 is 0 Å². The average Bonchev–Trinajstić information content (AvgIpc) is 2.21. The highest BCUT2D eigenvalue weighted by atomic mass is 79.9. The van der Waals surface area contributed by atoms with E-state index in [9.17, 15) is 4.79 Å². The van der Waals surface area contributed by atoms with Crippen molar-refractivity contribution < 1.29 is 4.79 Å². The first-order valence-corrected chi connectivity index (χ1v) is 5.65. The van der Waals surface area contributed by atoms with Crippen LogP contribution in [0.25, 0.3) is 0 Å². The Morgan fingerprint density at radius 1 is 1.53 bits per heavy atom. The predicted molar refractivity (Wildman–Crippen MR) is 67.2 cm³/mol. The summed E-state index contributed by atoms with van der Waals surface area (Å²) in [4.78, 5) is 13.3. The van der Waals surface area contributed by atoms with E-state index in [4.69, 9.17) is 11.6 Å². The van der Waals surface area contributed by atoms with Gasteiger partial charge in [0, 0.05) is 11.0 Å². The van der Waals surface area contributed by atoms with Crippen LogP contribution in [-0.4, -0.2) is 12.5 Å². The van der Waals surface area contributed by atoms with Gasteiger partial charge in [-0.3, -0.25) is 4.79 Å². The molecule has 0 N–H and O–H groups in total. The molecule has 0 aromatic heterocycles.